The maximum atomic E-state index is 12.4. The van der Waals surface area contributed by atoms with Crippen LogP contribution >= 0.6 is 0 Å². The summed E-state index contributed by atoms with van der Waals surface area (Å²) in [6, 6.07) is 2.52. The van der Waals surface area contributed by atoms with Gasteiger partial charge in [0.05, 0.1) is 0 Å². The van der Waals surface area contributed by atoms with Crippen molar-refractivity contribution in [3.63, 3.8) is 0 Å². The van der Waals surface area contributed by atoms with E-state index in [0.29, 0.717) is 30.0 Å². The molecule has 0 amide bonds. The summed E-state index contributed by atoms with van der Waals surface area (Å²) < 4.78 is 5.30. The van der Waals surface area contributed by atoms with E-state index < -0.39 is 0 Å². The highest BCUT2D eigenvalue weighted by Gasteiger charge is 2.30. The van der Waals surface area contributed by atoms with Crippen LogP contribution in [0.15, 0.2) is 10.6 Å². The van der Waals surface area contributed by atoms with Crippen molar-refractivity contribution in [3.8, 4) is 0 Å². The lowest BCUT2D eigenvalue weighted by Crippen LogP contribution is -2.34. The van der Waals surface area contributed by atoms with Crippen LogP contribution in [0.5, 0.6) is 0 Å². The molecule has 2 aliphatic rings. The predicted octanol–water partition coefficient (Wildman–Crippen LogP) is 4.32. The molecule has 0 spiro atoms. The molecule has 1 aromatic rings. The monoisotopic (exact) mass is 318 g/mol. The molecule has 0 atom stereocenters. The van der Waals surface area contributed by atoms with E-state index in [4.69, 9.17) is 4.52 Å². The Kier molecular flexibility index (Phi) is 5.52. The average molecular weight is 318 g/mol. The normalized spacial score (nSPS) is 25.0. The molecule has 0 saturated heterocycles. The van der Waals surface area contributed by atoms with E-state index in [1.165, 1.54) is 32.1 Å². The minimum Gasteiger partial charge on any atom is -0.360 e. The second kappa shape index (κ2) is 7.61. The molecule has 0 aromatic carbocycles. The van der Waals surface area contributed by atoms with Crippen LogP contribution in [0.1, 0.15) is 87.4 Å². The molecule has 0 aliphatic heterocycles. The number of carbonyl (C=O) groups excluding carboxylic acids is 1. The molecule has 1 heterocycles. The fourth-order valence-corrected chi connectivity index (χ4v) is 3.49. The van der Waals surface area contributed by atoms with Gasteiger partial charge in [0.25, 0.3) is 0 Å². The number of Topliss-reactive ketones (excluding diaryl/α,β-unsaturated/α-hetero) is 1. The van der Waals surface area contributed by atoms with Crippen molar-refractivity contribution in [3.05, 3.63) is 17.5 Å². The number of nitrogens with zero attached hydrogens (tertiary/aromatic N) is 1. The van der Waals surface area contributed by atoms with E-state index >= 15 is 0 Å². The number of rotatable bonds is 8. The molecule has 0 bridgehead atoms. The first-order valence-electron chi connectivity index (χ1n) is 9.35. The molecule has 3 rings (SSSR count). The van der Waals surface area contributed by atoms with E-state index in [2.05, 4.69) is 24.3 Å². The molecular formula is C19H30N2O2. The third-order valence-electron chi connectivity index (χ3n) is 5.27. The van der Waals surface area contributed by atoms with Gasteiger partial charge < -0.3 is 9.84 Å². The van der Waals surface area contributed by atoms with Gasteiger partial charge in [-0.3, -0.25) is 4.79 Å². The van der Waals surface area contributed by atoms with Crippen LogP contribution in [0.4, 0.5) is 0 Å². The summed E-state index contributed by atoms with van der Waals surface area (Å²) in [7, 11) is 0. The third kappa shape index (κ3) is 4.90. The maximum absolute atomic E-state index is 12.4. The van der Waals surface area contributed by atoms with Gasteiger partial charge >= 0.3 is 0 Å². The SMILES string of the molecule is CC(C)CCNC1CCC(CC(=O)c2cc(C3CC3)on2)CC1. The van der Waals surface area contributed by atoms with E-state index in [9.17, 15) is 4.79 Å². The quantitative estimate of drug-likeness (QED) is 0.725. The van der Waals surface area contributed by atoms with Gasteiger partial charge in [-0.1, -0.05) is 19.0 Å². The van der Waals surface area contributed by atoms with Gasteiger partial charge in [0, 0.05) is 24.4 Å². The van der Waals surface area contributed by atoms with Crippen molar-refractivity contribution in [2.45, 2.75) is 77.2 Å². The second-order valence-corrected chi connectivity index (χ2v) is 7.87. The predicted molar refractivity (Wildman–Crippen MR) is 90.6 cm³/mol. The summed E-state index contributed by atoms with van der Waals surface area (Å²) in [6.07, 6.45) is 8.93. The molecule has 0 unspecified atom stereocenters. The van der Waals surface area contributed by atoms with Crippen molar-refractivity contribution in [1.82, 2.24) is 10.5 Å². The Bertz CT molecular complexity index is 511. The second-order valence-electron chi connectivity index (χ2n) is 7.87. The Hall–Kier alpha value is -1.16. The lowest BCUT2D eigenvalue weighted by molar-refractivity contribution is 0.0937. The summed E-state index contributed by atoms with van der Waals surface area (Å²) in [5, 5.41) is 7.65. The fraction of sp³-hybridized carbons (Fsp3) is 0.789. The Morgan fingerprint density at radius 3 is 2.65 bits per heavy atom. The zero-order valence-corrected chi connectivity index (χ0v) is 14.5. The van der Waals surface area contributed by atoms with Crippen LogP contribution in [0.2, 0.25) is 0 Å². The molecule has 2 fully saturated rings. The highest BCUT2D eigenvalue weighted by molar-refractivity contribution is 5.94. The van der Waals surface area contributed by atoms with Gasteiger partial charge in [0.1, 0.15) is 11.5 Å². The molecule has 23 heavy (non-hydrogen) atoms. The average Bonchev–Trinajstić information content (AvgIpc) is 3.26. The van der Waals surface area contributed by atoms with Crippen LogP contribution in [-0.4, -0.2) is 23.5 Å². The Morgan fingerprint density at radius 2 is 2.00 bits per heavy atom. The van der Waals surface area contributed by atoms with E-state index in [-0.39, 0.29) is 5.78 Å². The first kappa shape index (κ1) is 16.7. The third-order valence-corrected chi connectivity index (χ3v) is 5.27. The molecule has 4 nitrogen and oxygen atoms in total. The van der Waals surface area contributed by atoms with Crippen molar-refractivity contribution in [2.75, 3.05) is 6.54 Å². The van der Waals surface area contributed by atoms with Gasteiger partial charge in [-0.15, -0.1) is 0 Å². The largest absolute Gasteiger partial charge is 0.360 e. The number of aromatic nitrogens is 1. The summed E-state index contributed by atoms with van der Waals surface area (Å²) in [5.74, 6) is 2.88. The first-order valence-corrected chi connectivity index (χ1v) is 9.35. The van der Waals surface area contributed by atoms with Gasteiger partial charge in [-0.2, -0.15) is 0 Å². The molecule has 2 aliphatic carbocycles. The van der Waals surface area contributed by atoms with Crippen molar-refractivity contribution in [2.24, 2.45) is 11.8 Å². The van der Waals surface area contributed by atoms with Crippen molar-refractivity contribution < 1.29 is 9.32 Å². The standard InChI is InChI=1S/C19H30N2O2/c1-13(2)9-10-20-16-7-3-14(4-8-16)11-18(22)17-12-19(23-21-17)15-5-6-15/h12-16,20H,3-11H2,1-2H3. The van der Waals surface area contributed by atoms with Crippen LogP contribution in [0, 0.1) is 11.8 Å². The summed E-state index contributed by atoms with van der Waals surface area (Å²) in [6.45, 7) is 5.65. The van der Waals surface area contributed by atoms with Gasteiger partial charge in [0.2, 0.25) is 0 Å². The molecular weight excluding hydrogens is 288 g/mol. The zero-order chi connectivity index (χ0) is 16.2. The number of nitrogens with one attached hydrogen (secondary N) is 1. The molecule has 1 N–H and O–H groups in total. The molecule has 2 saturated carbocycles. The first-order chi connectivity index (χ1) is 11.1. The van der Waals surface area contributed by atoms with E-state index in [1.807, 2.05) is 6.07 Å². The van der Waals surface area contributed by atoms with Crippen LogP contribution in [0.3, 0.4) is 0 Å². The molecule has 4 heteroatoms. The van der Waals surface area contributed by atoms with Crippen molar-refractivity contribution >= 4 is 5.78 Å². The minimum atomic E-state index is 0.164. The summed E-state index contributed by atoms with van der Waals surface area (Å²) in [4.78, 5) is 12.4. The number of hydrogen-bond acceptors (Lipinski definition) is 4. The number of carbonyl (C=O) groups is 1. The molecule has 0 radical (unpaired) electrons. The Labute approximate surface area is 139 Å². The number of hydrogen-bond donors (Lipinski definition) is 1. The zero-order valence-electron chi connectivity index (χ0n) is 14.5. The lowest BCUT2D eigenvalue weighted by Gasteiger charge is -2.29. The van der Waals surface area contributed by atoms with Gasteiger partial charge in [-0.25, -0.2) is 0 Å². The van der Waals surface area contributed by atoms with E-state index in [1.54, 1.807) is 0 Å². The van der Waals surface area contributed by atoms with Gasteiger partial charge in [0.15, 0.2) is 5.78 Å². The molecule has 1 aromatic heterocycles. The van der Waals surface area contributed by atoms with E-state index in [0.717, 1.165) is 31.1 Å². The lowest BCUT2D eigenvalue weighted by atomic mass is 9.82. The van der Waals surface area contributed by atoms with Crippen LogP contribution in [0.25, 0.3) is 0 Å². The maximum Gasteiger partial charge on any atom is 0.185 e. The minimum absolute atomic E-state index is 0.164. The number of ketones is 1. The van der Waals surface area contributed by atoms with Crippen LogP contribution < -0.4 is 5.32 Å². The highest BCUT2D eigenvalue weighted by Crippen LogP contribution is 2.40. The highest BCUT2D eigenvalue weighted by atomic mass is 16.5. The summed E-state index contributed by atoms with van der Waals surface area (Å²) >= 11 is 0. The Balaban J connectivity index is 1.38. The van der Waals surface area contributed by atoms with Crippen molar-refractivity contribution in [1.29, 1.82) is 0 Å². The summed E-state index contributed by atoms with van der Waals surface area (Å²) in [5.41, 5.74) is 0.545. The van der Waals surface area contributed by atoms with Crippen LogP contribution in [-0.2, 0) is 0 Å². The molecule has 128 valence electrons. The van der Waals surface area contributed by atoms with Gasteiger partial charge in [-0.05, 0) is 63.3 Å². The fourth-order valence-electron chi connectivity index (χ4n) is 3.49. The Morgan fingerprint density at radius 1 is 1.26 bits per heavy atom. The smallest absolute Gasteiger partial charge is 0.185 e. The topological polar surface area (TPSA) is 55.1 Å².